The lowest BCUT2D eigenvalue weighted by molar-refractivity contribution is -0.146. The zero-order chi connectivity index (χ0) is 20.3. The molecule has 0 aliphatic carbocycles. The Kier molecular flexibility index (Phi) is 6.62. The molecule has 1 aliphatic rings. The van der Waals surface area contributed by atoms with Gasteiger partial charge in [-0.05, 0) is 29.8 Å². The minimum atomic E-state index is -3.81. The van der Waals surface area contributed by atoms with Crippen LogP contribution >= 0.6 is 23.2 Å². The van der Waals surface area contributed by atoms with E-state index >= 15 is 0 Å². The van der Waals surface area contributed by atoms with Gasteiger partial charge in [-0.25, -0.2) is 8.42 Å². The molecule has 0 spiro atoms. The van der Waals surface area contributed by atoms with Gasteiger partial charge in [0, 0.05) is 31.7 Å². The molecule has 3 rings (SSSR count). The van der Waals surface area contributed by atoms with Gasteiger partial charge in [0.15, 0.2) is 0 Å². The van der Waals surface area contributed by atoms with Gasteiger partial charge in [0.05, 0.1) is 11.6 Å². The molecule has 2 aromatic carbocycles. The van der Waals surface area contributed by atoms with Crippen molar-refractivity contribution in [1.29, 1.82) is 0 Å². The fourth-order valence-corrected chi connectivity index (χ4v) is 5.02. The summed E-state index contributed by atoms with van der Waals surface area (Å²) in [5.74, 6) is -0.283. The molecule has 0 radical (unpaired) electrons. The van der Waals surface area contributed by atoms with E-state index in [1.165, 1.54) is 21.3 Å². The van der Waals surface area contributed by atoms with E-state index in [1.807, 2.05) is 12.1 Å². The van der Waals surface area contributed by atoms with Crippen molar-refractivity contribution in [3.05, 3.63) is 64.1 Å². The van der Waals surface area contributed by atoms with Crippen LogP contribution < -0.4 is 0 Å². The normalized spacial score (nSPS) is 18.0. The largest absolute Gasteiger partial charge is 0.366 e. The first-order chi connectivity index (χ1) is 13.3. The number of hydrogen-bond donors (Lipinski definition) is 0. The number of carbonyl (C=O) groups is 1. The molecule has 0 bridgehead atoms. The van der Waals surface area contributed by atoms with Gasteiger partial charge in [0.2, 0.25) is 10.0 Å². The number of halogens is 2. The molecule has 28 heavy (non-hydrogen) atoms. The number of rotatable bonds is 5. The number of likely N-dealkylation sites (N-methyl/N-ethyl adjacent to an activating group) is 1. The van der Waals surface area contributed by atoms with Crippen LogP contribution in [0.15, 0.2) is 53.4 Å². The average Bonchev–Trinajstić information content (AvgIpc) is 2.69. The molecular weight excluding hydrogens is 423 g/mol. The Balaban J connectivity index is 1.71. The van der Waals surface area contributed by atoms with Crippen LogP contribution in [0.2, 0.25) is 10.0 Å². The molecular formula is C19H20Cl2N2O4S. The van der Waals surface area contributed by atoms with E-state index in [1.54, 1.807) is 31.3 Å². The molecule has 1 atom stereocenters. The summed E-state index contributed by atoms with van der Waals surface area (Å²) in [5.41, 5.74) is 0.914. The minimum Gasteiger partial charge on any atom is -0.366 e. The highest BCUT2D eigenvalue weighted by Gasteiger charge is 2.36. The third kappa shape index (κ3) is 4.67. The third-order valence-corrected chi connectivity index (χ3v) is 7.09. The molecule has 1 amide bonds. The maximum absolute atomic E-state index is 12.9. The summed E-state index contributed by atoms with van der Waals surface area (Å²) in [6.45, 7) is 0.609. The van der Waals surface area contributed by atoms with Gasteiger partial charge in [-0.3, -0.25) is 4.79 Å². The van der Waals surface area contributed by atoms with Crippen LogP contribution in [0.3, 0.4) is 0 Å². The highest BCUT2D eigenvalue weighted by molar-refractivity contribution is 7.89. The van der Waals surface area contributed by atoms with Crippen LogP contribution in [0.25, 0.3) is 0 Å². The third-order valence-electron chi connectivity index (χ3n) is 4.47. The van der Waals surface area contributed by atoms with Crippen LogP contribution in [0, 0.1) is 0 Å². The Bertz CT molecular complexity index is 951. The quantitative estimate of drug-likeness (QED) is 0.713. The van der Waals surface area contributed by atoms with Gasteiger partial charge in [-0.1, -0.05) is 47.5 Å². The first-order valence-electron chi connectivity index (χ1n) is 8.65. The summed E-state index contributed by atoms with van der Waals surface area (Å²) in [5, 5.41) is 0.769. The van der Waals surface area contributed by atoms with Crippen LogP contribution in [0.4, 0.5) is 0 Å². The van der Waals surface area contributed by atoms with E-state index in [-0.39, 0.29) is 35.5 Å². The number of ether oxygens (including phenoxy) is 1. The summed E-state index contributed by atoms with van der Waals surface area (Å²) in [6.07, 6.45) is -0.872. The molecule has 0 N–H and O–H groups in total. The first-order valence-corrected chi connectivity index (χ1v) is 10.8. The molecule has 9 heteroatoms. The molecule has 6 nitrogen and oxygen atoms in total. The molecule has 0 aromatic heterocycles. The zero-order valence-corrected chi connectivity index (χ0v) is 17.5. The molecule has 0 unspecified atom stereocenters. The van der Waals surface area contributed by atoms with Crippen LogP contribution in [-0.4, -0.2) is 56.4 Å². The number of carbonyl (C=O) groups excluding carboxylic acids is 1. The smallest absolute Gasteiger partial charge is 0.253 e. The summed E-state index contributed by atoms with van der Waals surface area (Å²) in [6, 6.07) is 13.4. The van der Waals surface area contributed by atoms with Crippen molar-refractivity contribution in [1.82, 2.24) is 9.21 Å². The number of benzene rings is 2. The number of amides is 1. The monoisotopic (exact) mass is 442 g/mol. The fraction of sp³-hybridized carbons (Fsp3) is 0.316. The van der Waals surface area contributed by atoms with Crippen molar-refractivity contribution < 1.29 is 17.9 Å². The number of sulfonamides is 1. The lowest BCUT2D eigenvalue weighted by Gasteiger charge is -2.33. The van der Waals surface area contributed by atoms with Gasteiger partial charge >= 0.3 is 0 Å². The van der Waals surface area contributed by atoms with Gasteiger partial charge in [-0.15, -0.1) is 0 Å². The number of morpholine rings is 1. The zero-order valence-electron chi connectivity index (χ0n) is 15.2. The summed E-state index contributed by atoms with van der Waals surface area (Å²) < 4.78 is 32.6. The van der Waals surface area contributed by atoms with Crippen LogP contribution in [0.5, 0.6) is 0 Å². The number of nitrogens with zero attached hydrogens (tertiary/aromatic N) is 2. The van der Waals surface area contributed by atoms with Gasteiger partial charge in [0.1, 0.15) is 11.0 Å². The van der Waals surface area contributed by atoms with E-state index in [0.29, 0.717) is 11.6 Å². The Morgan fingerprint density at radius 2 is 1.86 bits per heavy atom. The summed E-state index contributed by atoms with van der Waals surface area (Å²) in [7, 11) is -2.16. The van der Waals surface area contributed by atoms with Gasteiger partial charge < -0.3 is 9.64 Å². The molecule has 2 aromatic rings. The maximum atomic E-state index is 12.9. The molecule has 150 valence electrons. The Morgan fingerprint density at radius 3 is 2.54 bits per heavy atom. The highest BCUT2D eigenvalue weighted by atomic mass is 35.5. The predicted octanol–water partition coefficient (Wildman–Crippen LogP) is 3.04. The van der Waals surface area contributed by atoms with Crippen molar-refractivity contribution in [2.45, 2.75) is 17.5 Å². The van der Waals surface area contributed by atoms with Crippen molar-refractivity contribution in [2.75, 3.05) is 26.7 Å². The van der Waals surface area contributed by atoms with E-state index in [0.717, 1.165) is 5.56 Å². The highest BCUT2D eigenvalue weighted by Crippen LogP contribution is 2.26. The Morgan fingerprint density at radius 1 is 1.18 bits per heavy atom. The van der Waals surface area contributed by atoms with E-state index in [2.05, 4.69) is 0 Å². The Labute approximate surface area is 174 Å². The molecule has 1 saturated heterocycles. The topological polar surface area (TPSA) is 66.9 Å². The van der Waals surface area contributed by atoms with Gasteiger partial charge in [0.25, 0.3) is 5.91 Å². The van der Waals surface area contributed by atoms with E-state index in [4.69, 9.17) is 27.9 Å². The second-order valence-corrected chi connectivity index (χ2v) is 9.22. The first kappa shape index (κ1) is 21.1. The minimum absolute atomic E-state index is 0.0271. The summed E-state index contributed by atoms with van der Waals surface area (Å²) in [4.78, 5) is 14.3. The maximum Gasteiger partial charge on any atom is 0.253 e. The second-order valence-electron chi connectivity index (χ2n) is 6.47. The van der Waals surface area contributed by atoms with E-state index < -0.39 is 16.1 Å². The predicted molar refractivity (Wildman–Crippen MR) is 108 cm³/mol. The van der Waals surface area contributed by atoms with Crippen molar-refractivity contribution in [3.63, 3.8) is 0 Å². The van der Waals surface area contributed by atoms with Gasteiger partial charge in [-0.2, -0.15) is 4.31 Å². The number of hydrogen-bond acceptors (Lipinski definition) is 4. The molecule has 0 saturated carbocycles. The molecule has 1 aliphatic heterocycles. The molecule has 1 fully saturated rings. The lowest BCUT2D eigenvalue weighted by atomic mass is 10.2. The van der Waals surface area contributed by atoms with Crippen molar-refractivity contribution in [2.24, 2.45) is 0 Å². The van der Waals surface area contributed by atoms with E-state index in [9.17, 15) is 13.2 Å². The second kappa shape index (κ2) is 8.80. The van der Waals surface area contributed by atoms with Crippen LogP contribution in [-0.2, 0) is 26.1 Å². The molecule has 1 heterocycles. The van der Waals surface area contributed by atoms with Crippen LogP contribution in [0.1, 0.15) is 5.56 Å². The van der Waals surface area contributed by atoms with Crippen molar-refractivity contribution >= 4 is 39.1 Å². The van der Waals surface area contributed by atoms with Crippen molar-refractivity contribution in [3.8, 4) is 0 Å². The SMILES string of the molecule is CN(Cc1ccc(Cl)cc1)C(=O)[C@H]1CN(S(=O)(=O)c2ccccc2Cl)CCO1. The summed E-state index contributed by atoms with van der Waals surface area (Å²) >= 11 is 11.9. The standard InChI is InChI=1S/C19H20Cl2N2O4S/c1-22(12-14-6-8-15(20)9-7-14)19(24)17-13-23(10-11-27-17)28(25,26)18-5-3-2-4-16(18)21/h2-9,17H,10-13H2,1H3/t17-/m1/s1. The fourth-order valence-electron chi connectivity index (χ4n) is 2.97. The average molecular weight is 443 g/mol. The lowest BCUT2D eigenvalue weighted by Crippen LogP contribution is -2.51. The Hall–Kier alpha value is -1.64.